The van der Waals surface area contributed by atoms with Gasteiger partial charge in [-0.3, -0.25) is 4.31 Å². The molecule has 140 valence electrons. The smallest absolute Gasteiger partial charge is 0.265 e. The van der Waals surface area contributed by atoms with Gasteiger partial charge in [-0.1, -0.05) is 30.4 Å². The van der Waals surface area contributed by atoms with Gasteiger partial charge in [0.15, 0.2) is 0 Å². The van der Waals surface area contributed by atoms with Crippen LogP contribution in [0.5, 0.6) is 0 Å². The number of hydrogen-bond acceptors (Lipinski definition) is 5. The third-order valence-electron chi connectivity index (χ3n) is 3.84. The van der Waals surface area contributed by atoms with Crippen LogP contribution in [0, 0.1) is 0 Å². The van der Waals surface area contributed by atoms with Crippen LogP contribution >= 0.6 is 24.0 Å². The number of rotatable bonds is 7. The first kappa shape index (κ1) is 20.7. The topological polar surface area (TPSA) is 53.5 Å². The molecule has 0 fully saturated rings. The first-order valence-electron chi connectivity index (χ1n) is 8.44. The summed E-state index contributed by atoms with van der Waals surface area (Å²) in [6.45, 7) is 7.90. The van der Waals surface area contributed by atoms with Gasteiger partial charge in [-0.05, 0) is 56.8 Å². The van der Waals surface area contributed by atoms with Gasteiger partial charge in [-0.2, -0.15) is 0 Å². The second-order valence-electron chi connectivity index (χ2n) is 5.38. The van der Waals surface area contributed by atoms with Gasteiger partial charge in [0.1, 0.15) is 14.2 Å². The Morgan fingerprint density at radius 2 is 1.69 bits per heavy atom. The molecule has 0 aliphatic carbocycles. The van der Waals surface area contributed by atoms with Crippen molar-refractivity contribution in [2.24, 2.45) is 0 Å². The SMILES string of the molecule is CCN(CC)C(=S)Sc1ccc(S(=O)(=O)N(CC)c2ccccc2)cn1. The zero-order valence-corrected chi connectivity index (χ0v) is 17.6. The van der Waals surface area contributed by atoms with Gasteiger partial charge in [-0.15, -0.1) is 0 Å². The number of aromatic nitrogens is 1. The molecule has 0 atom stereocenters. The van der Waals surface area contributed by atoms with E-state index in [9.17, 15) is 8.42 Å². The van der Waals surface area contributed by atoms with Crippen molar-refractivity contribution in [3.63, 3.8) is 0 Å². The predicted octanol–water partition coefficient (Wildman–Crippen LogP) is 4.02. The molecule has 2 rings (SSSR count). The summed E-state index contributed by atoms with van der Waals surface area (Å²) in [6.07, 6.45) is 1.40. The van der Waals surface area contributed by atoms with E-state index in [0.29, 0.717) is 17.3 Å². The van der Waals surface area contributed by atoms with Gasteiger partial charge >= 0.3 is 0 Å². The molecule has 26 heavy (non-hydrogen) atoms. The van der Waals surface area contributed by atoms with Gasteiger partial charge in [0, 0.05) is 25.8 Å². The van der Waals surface area contributed by atoms with Crippen molar-refractivity contribution in [1.82, 2.24) is 9.88 Å². The Balaban J connectivity index is 2.22. The van der Waals surface area contributed by atoms with Crippen LogP contribution in [0.3, 0.4) is 0 Å². The van der Waals surface area contributed by atoms with Crippen molar-refractivity contribution < 1.29 is 8.42 Å². The van der Waals surface area contributed by atoms with E-state index in [1.165, 1.54) is 22.3 Å². The fraction of sp³-hybridized carbons (Fsp3) is 0.333. The molecule has 1 aromatic carbocycles. The fourth-order valence-electron chi connectivity index (χ4n) is 2.43. The second kappa shape index (κ2) is 9.34. The average molecular weight is 410 g/mol. The Kier molecular flexibility index (Phi) is 7.43. The Morgan fingerprint density at radius 3 is 2.19 bits per heavy atom. The molecule has 0 amide bonds. The van der Waals surface area contributed by atoms with Crippen molar-refractivity contribution in [3.8, 4) is 0 Å². The minimum absolute atomic E-state index is 0.168. The van der Waals surface area contributed by atoms with E-state index >= 15 is 0 Å². The highest BCUT2D eigenvalue weighted by Crippen LogP contribution is 2.25. The number of benzene rings is 1. The zero-order valence-electron chi connectivity index (χ0n) is 15.1. The van der Waals surface area contributed by atoms with Gasteiger partial charge in [0.2, 0.25) is 0 Å². The molecule has 1 heterocycles. The van der Waals surface area contributed by atoms with Gasteiger partial charge in [-0.25, -0.2) is 13.4 Å². The highest BCUT2D eigenvalue weighted by atomic mass is 32.2. The molecule has 2 aromatic rings. The maximum atomic E-state index is 12.9. The third kappa shape index (κ3) is 4.75. The maximum absolute atomic E-state index is 12.9. The predicted molar refractivity (Wildman–Crippen MR) is 112 cm³/mol. The number of hydrogen-bond donors (Lipinski definition) is 0. The zero-order chi connectivity index (χ0) is 19.2. The van der Waals surface area contributed by atoms with Crippen LogP contribution in [-0.2, 0) is 10.0 Å². The molecule has 0 saturated carbocycles. The molecule has 0 aliphatic heterocycles. The molecule has 0 aliphatic rings. The minimum Gasteiger partial charge on any atom is -0.358 e. The lowest BCUT2D eigenvalue weighted by Gasteiger charge is -2.23. The Labute approximate surface area is 165 Å². The van der Waals surface area contributed by atoms with Crippen LogP contribution in [0.2, 0.25) is 0 Å². The fourth-order valence-corrected chi connectivity index (χ4v) is 5.17. The van der Waals surface area contributed by atoms with Crippen LogP contribution in [0.1, 0.15) is 20.8 Å². The lowest BCUT2D eigenvalue weighted by molar-refractivity contribution is 0.482. The van der Waals surface area contributed by atoms with E-state index in [1.54, 1.807) is 24.3 Å². The summed E-state index contributed by atoms with van der Waals surface area (Å²) in [6, 6.07) is 12.3. The lowest BCUT2D eigenvalue weighted by atomic mass is 10.3. The molecule has 0 radical (unpaired) electrons. The summed E-state index contributed by atoms with van der Waals surface area (Å²) >= 11 is 6.78. The Bertz CT molecular complexity index is 821. The normalized spacial score (nSPS) is 11.2. The number of para-hydroxylation sites is 1. The third-order valence-corrected chi connectivity index (χ3v) is 7.12. The Morgan fingerprint density at radius 1 is 1.04 bits per heavy atom. The number of nitrogens with zero attached hydrogens (tertiary/aromatic N) is 3. The van der Waals surface area contributed by atoms with E-state index in [4.69, 9.17) is 12.2 Å². The highest BCUT2D eigenvalue weighted by Gasteiger charge is 2.24. The molecule has 0 spiro atoms. The summed E-state index contributed by atoms with van der Waals surface area (Å²) in [5, 5.41) is 0.684. The van der Waals surface area contributed by atoms with Crippen molar-refractivity contribution >= 4 is 44.0 Å². The molecule has 0 bridgehead atoms. The van der Waals surface area contributed by atoms with E-state index in [0.717, 1.165) is 17.4 Å². The lowest BCUT2D eigenvalue weighted by Crippen LogP contribution is -2.30. The molecule has 0 unspecified atom stereocenters. The van der Waals surface area contributed by atoms with Crippen molar-refractivity contribution in [2.45, 2.75) is 30.7 Å². The quantitative estimate of drug-likeness (QED) is 0.509. The second-order valence-corrected chi connectivity index (χ2v) is 8.89. The van der Waals surface area contributed by atoms with E-state index < -0.39 is 10.0 Å². The Hall–Kier alpha value is -1.64. The molecule has 8 heteroatoms. The van der Waals surface area contributed by atoms with Crippen LogP contribution < -0.4 is 4.31 Å². The summed E-state index contributed by atoms with van der Waals surface area (Å²) < 4.78 is 28.0. The number of anilines is 1. The largest absolute Gasteiger partial charge is 0.358 e. The number of pyridine rings is 1. The number of sulfonamides is 1. The molecule has 1 aromatic heterocycles. The molecule has 0 N–H and O–H groups in total. The molecular weight excluding hydrogens is 386 g/mol. The number of thiocarbonyl (C=S) groups is 1. The highest BCUT2D eigenvalue weighted by molar-refractivity contribution is 8.22. The summed E-state index contributed by atoms with van der Waals surface area (Å²) in [7, 11) is -3.66. The van der Waals surface area contributed by atoms with Crippen LogP contribution in [0.15, 0.2) is 58.6 Å². The van der Waals surface area contributed by atoms with Crippen molar-refractivity contribution in [1.29, 1.82) is 0 Å². The van der Waals surface area contributed by atoms with Gasteiger partial charge in [0.25, 0.3) is 10.0 Å². The standard InChI is InChI=1S/C18H23N3O2S3/c1-4-20(5-2)18(24)25-17-13-12-16(14-19-17)26(22,23)21(6-3)15-10-8-7-9-11-15/h7-14H,4-6H2,1-3H3. The van der Waals surface area contributed by atoms with Crippen molar-refractivity contribution in [2.75, 3.05) is 23.9 Å². The molecule has 0 saturated heterocycles. The van der Waals surface area contributed by atoms with Crippen molar-refractivity contribution in [3.05, 3.63) is 48.7 Å². The van der Waals surface area contributed by atoms with E-state index in [1.807, 2.05) is 39.0 Å². The molecular formula is C18H23N3O2S3. The van der Waals surface area contributed by atoms with Gasteiger partial charge in [0.05, 0.1) is 5.69 Å². The van der Waals surface area contributed by atoms with Crippen LogP contribution in [0.25, 0.3) is 0 Å². The summed E-state index contributed by atoms with van der Waals surface area (Å²) in [4.78, 5) is 6.51. The van der Waals surface area contributed by atoms with Gasteiger partial charge < -0.3 is 4.90 Å². The number of thioether (sulfide) groups is 1. The average Bonchev–Trinajstić information content (AvgIpc) is 2.64. The minimum atomic E-state index is -3.66. The summed E-state index contributed by atoms with van der Waals surface area (Å²) in [5.74, 6) is 0. The monoisotopic (exact) mass is 409 g/mol. The van der Waals surface area contributed by atoms with Crippen LogP contribution in [0.4, 0.5) is 5.69 Å². The maximum Gasteiger partial charge on any atom is 0.265 e. The van der Waals surface area contributed by atoms with E-state index in [-0.39, 0.29) is 4.90 Å². The van der Waals surface area contributed by atoms with E-state index in [2.05, 4.69) is 9.88 Å². The first-order chi connectivity index (χ1) is 12.4. The summed E-state index contributed by atoms with van der Waals surface area (Å²) in [5.41, 5.74) is 0.635. The van der Waals surface area contributed by atoms with Crippen LogP contribution in [-0.4, -0.2) is 42.3 Å². The first-order valence-corrected chi connectivity index (χ1v) is 11.1. The molecule has 5 nitrogen and oxygen atoms in total.